The van der Waals surface area contributed by atoms with E-state index in [9.17, 15) is 10.1 Å². The maximum Gasteiger partial charge on any atom is 0.259 e. The van der Waals surface area contributed by atoms with Crippen molar-refractivity contribution >= 4 is 11.6 Å². The molecule has 0 saturated carbocycles. The van der Waals surface area contributed by atoms with Crippen molar-refractivity contribution in [3.63, 3.8) is 0 Å². The molecule has 144 valence electrons. The normalized spacial score (nSPS) is 11.1. The van der Waals surface area contributed by atoms with Crippen molar-refractivity contribution in [2.75, 3.05) is 11.9 Å². The van der Waals surface area contributed by atoms with Crippen LogP contribution in [0.2, 0.25) is 0 Å². The number of amides is 1. The van der Waals surface area contributed by atoms with Gasteiger partial charge in [0.25, 0.3) is 5.91 Å². The molecule has 27 heavy (non-hydrogen) atoms. The Morgan fingerprint density at radius 3 is 2.74 bits per heavy atom. The van der Waals surface area contributed by atoms with Crippen LogP contribution in [-0.2, 0) is 6.42 Å². The zero-order chi connectivity index (χ0) is 20.0. The van der Waals surface area contributed by atoms with Crippen LogP contribution in [0.5, 0.6) is 5.75 Å². The Kier molecular flexibility index (Phi) is 6.62. The van der Waals surface area contributed by atoms with Crippen molar-refractivity contribution in [2.24, 2.45) is 5.41 Å². The van der Waals surface area contributed by atoms with Crippen LogP contribution in [0.1, 0.15) is 67.8 Å². The van der Waals surface area contributed by atoms with Crippen molar-refractivity contribution in [3.05, 3.63) is 40.7 Å². The van der Waals surface area contributed by atoms with Gasteiger partial charge in [-0.3, -0.25) is 9.89 Å². The van der Waals surface area contributed by atoms with Gasteiger partial charge in [-0.15, -0.1) is 0 Å². The van der Waals surface area contributed by atoms with Gasteiger partial charge in [-0.2, -0.15) is 10.4 Å². The molecule has 6 nitrogen and oxygen atoms in total. The Balaban J connectivity index is 2.17. The van der Waals surface area contributed by atoms with Gasteiger partial charge in [0.05, 0.1) is 23.4 Å². The third kappa shape index (κ3) is 5.58. The summed E-state index contributed by atoms with van der Waals surface area (Å²) in [7, 11) is 0. The average molecular weight is 368 g/mol. The van der Waals surface area contributed by atoms with Crippen molar-refractivity contribution in [1.29, 1.82) is 5.26 Å². The number of anilines is 1. The zero-order valence-corrected chi connectivity index (χ0v) is 16.8. The first-order valence-electron chi connectivity index (χ1n) is 9.27. The van der Waals surface area contributed by atoms with E-state index in [0.717, 1.165) is 30.7 Å². The Labute approximate surface area is 160 Å². The Morgan fingerprint density at radius 2 is 2.11 bits per heavy atom. The first kappa shape index (κ1) is 20.5. The third-order valence-corrected chi connectivity index (χ3v) is 4.03. The Bertz CT molecular complexity index is 841. The number of carbonyl (C=O) groups excluding carboxylic acids is 1. The summed E-state index contributed by atoms with van der Waals surface area (Å²) in [6.07, 6.45) is 2.77. The quantitative estimate of drug-likeness (QED) is 0.746. The monoisotopic (exact) mass is 368 g/mol. The fourth-order valence-electron chi connectivity index (χ4n) is 2.61. The minimum absolute atomic E-state index is 0.00663. The third-order valence-electron chi connectivity index (χ3n) is 4.03. The number of carbonyl (C=O) groups is 1. The van der Waals surface area contributed by atoms with Crippen LogP contribution in [-0.4, -0.2) is 22.7 Å². The van der Waals surface area contributed by atoms with E-state index in [0.29, 0.717) is 29.2 Å². The van der Waals surface area contributed by atoms with Crippen LogP contribution in [0.4, 0.5) is 5.69 Å². The molecule has 0 spiro atoms. The second-order valence-electron chi connectivity index (χ2n) is 7.90. The topological polar surface area (TPSA) is 90.8 Å². The molecule has 1 heterocycles. The highest BCUT2D eigenvalue weighted by molar-refractivity contribution is 6.06. The van der Waals surface area contributed by atoms with Crippen molar-refractivity contribution in [2.45, 2.75) is 53.9 Å². The summed E-state index contributed by atoms with van der Waals surface area (Å²) in [6, 6.07) is 7.24. The van der Waals surface area contributed by atoms with Crippen molar-refractivity contribution in [1.82, 2.24) is 10.2 Å². The van der Waals surface area contributed by atoms with E-state index in [4.69, 9.17) is 4.74 Å². The van der Waals surface area contributed by atoms with Gasteiger partial charge in [-0.25, -0.2) is 0 Å². The molecule has 6 heteroatoms. The lowest BCUT2D eigenvalue weighted by Gasteiger charge is -2.19. The van der Waals surface area contributed by atoms with Gasteiger partial charge in [0.2, 0.25) is 0 Å². The van der Waals surface area contributed by atoms with E-state index in [-0.39, 0.29) is 11.3 Å². The van der Waals surface area contributed by atoms with E-state index in [1.54, 1.807) is 18.2 Å². The van der Waals surface area contributed by atoms with E-state index < -0.39 is 0 Å². The van der Waals surface area contributed by atoms with Gasteiger partial charge in [-0.05, 0) is 43.4 Å². The predicted molar refractivity (Wildman–Crippen MR) is 106 cm³/mol. The lowest BCUT2D eigenvalue weighted by molar-refractivity contribution is 0.102. The van der Waals surface area contributed by atoms with E-state index in [1.165, 1.54) is 0 Å². The minimum atomic E-state index is -0.223. The minimum Gasteiger partial charge on any atom is -0.492 e. The molecule has 0 aliphatic rings. The fourth-order valence-corrected chi connectivity index (χ4v) is 2.61. The molecule has 0 fully saturated rings. The number of unbranched alkanes of at least 4 members (excludes halogenated alkanes) is 1. The number of aryl methyl sites for hydroxylation is 2. The maximum absolute atomic E-state index is 12.7. The Hall–Kier alpha value is -2.81. The van der Waals surface area contributed by atoms with E-state index in [1.807, 2.05) is 6.92 Å². The van der Waals surface area contributed by atoms with Gasteiger partial charge >= 0.3 is 0 Å². The molecule has 0 unspecified atom stereocenters. The molecular weight excluding hydrogens is 340 g/mol. The standard InChI is InChI=1S/C21H28N4O2/c1-6-7-8-17-19(14(2)24-25-17)20(26)23-16-9-10-18(15(11-16)12-22)27-13-21(3,4)5/h9-11H,6-8,13H2,1-5H3,(H,23,26)(H,24,25). The molecule has 0 aliphatic carbocycles. The van der Waals surface area contributed by atoms with Crippen LogP contribution in [0.3, 0.4) is 0 Å². The SMILES string of the molecule is CCCCc1n[nH]c(C)c1C(=O)Nc1ccc(OCC(C)(C)C)c(C#N)c1. The largest absolute Gasteiger partial charge is 0.492 e. The summed E-state index contributed by atoms with van der Waals surface area (Å²) in [6.45, 7) is 10.6. The number of ether oxygens (including phenoxy) is 1. The summed E-state index contributed by atoms with van der Waals surface area (Å²) in [5.74, 6) is 0.299. The number of aromatic nitrogens is 2. The van der Waals surface area contributed by atoms with E-state index in [2.05, 4.69) is 49.3 Å². The molecule has 0 atom stereocenters. The number of nitrogens with one attached hydrogen (secondary N) is 2. The van der Waals surface area contributed by atoms with Crippen molar-refractivity contribution < 1.29 is 9.53 Å². The second-order valence-corrected chi connectivity index (χ2v) is 7.90. The number of benzene rings is 1. The number of H-pyrrole nitrogens is 1. The number of hydrogen-bond acceptors (Lipinski definition) is 4. The molecule has 2 aromatic rings. The highest BCUT2D eigenvalue weighted by atomic mass is 16.5. The van der Waals surface area contributed by atoms with Gasteiger partial charge in [0.1, 0.15) is 11.8 Å². The van der Waals surface area contributed by atoms with Crippen LogP contribution < -0.4 is 10.1 Å². The van der Waals surface area contributed by atoms with Crippen LogP contribution in [0, 0.1) is 23.7 Å². The first-order chi connectivity index (χ1) is 12.7. The number of nitriles is 1. The molecule has 2 rings (SSSR count). The average Bonchev–Trinajstić information content (AvgIpc) is 2.98. The molecule has 0 bridgehead atoms. The first-order valence-corrected chi connectivity index (χ1v) is 9.27. The summed E-state index contributed by atoms with van der Waals surface area (Å²) < 4.78 is 5.76. The van der Waals surface area contributed by atoms with Gasteiger partial charge in [-0.1, -0.05) is 34.1 Å². The maximum atomic E-state index is 12.7. The van der Waals surface area contributed by atoms with Crippen LogP contribution in [0.25, 0.3) is 0 Å². The molecule has 1 amide bonds. The number of nitrogens with zero attached hydrogens (tertiary/aromatic N) is 2. The van der Waals surface area contributed by atoms with Gasteiger partial charge in [0, 0.05) is 11.4 Å². The molecule has 2 N–H and O–H groups in total. The molecular formula is C21H28N4O2. The molecule has 1 aromatic carbocycles. The number of aromatic amines is 1. The van der Waals surface area contributed by atoms with Gasteiger partial charge < -0.3 is 10.1 Å². The molecule has 1 aromatic heterocycles. The summed E-state index contributed by atoms with van der Waals surface area (Å²) >= 11 is 0. The number of hydrogen-bond donors (Lipinski definition) is 2. The Morgan fingerprint density at radius 1 is 1.37 bits per heavy atom. The van der Waals surface area contributed by atoms with Crippen molar-refractivity contribution in [3.8, 4) is 11.8 Å². The highest BCUT2D eigenvalue weighted by Gasteiger charge is 2.19. The van der Waals surface area contributed by atoms with Crippen LogP contribution in [0.15, 0.2) is 18.2 Å². The molecule has 0 radical (unpaired) electrons. The predicted octanol–water partition coefficient (Wildman–Crippen LogP) is 4.61. The lowest BCUT2D eigenvalue weighted by atomic mass is 9.98. The molecule has 0 saturated heterocycles. The zero-order valence-electron chi connectivity index (χ0n) is 16.8. The summed E-state index contributed by atoms with van der Waals surface area (Å²) in [5.41, 5.74) is 3.04. The van der Waals surface area contributed by atoms with Gasteiger partial charge in [0.15, 0.2) is 0 Å². The highest BCUT2D eigenvalue weighted by Crippen LogP contribution is 2.25. The fraction of sp³-hybridized carbons (Fsp3) is 0.476. The summed E-state index contributed by atoms with van der Waals surface area (Å²) in [4.78, 5) is 12.7. The summed E-state index contributed by atoms with van der Waals surface area (Å²) in [5, 5.41) is 19.4. The second kappa shape index (κ2) is 8.72. The lowest BCUT2D eigenvalue weighted by Crippen LogP contribution is -2.17. The molecule has 0 aliphatic heterocycles. The van der Waals surface area contributed by atoms with E-state index >= 15 is 0 Å². The van der Waals surface area contributed by atoms with Crippen LogP contribution >= 0.6 is 0 Å². The number of rotatable bonds is 7. The smallest absolute Gasteiger partial charge is 0.259 e.